The summed E-state index contributed by atoms with van der Waals surface area (Å²) in [6, 6.07) is 14.9. The number of hydrogen-bond acceptors (Lipinski definition) is 4. The number of amides is 1. The van der Waals surface area contributed by atoms with Crippen molar-refractivity contribution in [1.82, 2.24) is 20.1 Å². The molecule has 0 unspecified atom stereocenters. The minimum atomic E-state index is -0.282. The van der Waals surface area contributed by atoms with Crippen molar-refractivity contribution in [2.24, 2.45) is 5.92 Å². The van der Waals surface area contributed by atoms with Crippen LogP contribution in [0.2, 0.25) is 0 Å². The van der Waals surface area contributed by atoms with Crippen molar-refractivity contribution >= 4 is 5.91 Å². The Morgan fingerprint density at radius 2 is 2.07 bits per heavy atom. The molecule has 6 nitrogen and oxygen atoms in total. The number of carbonyl (C=O) groups excluding carboxylic acids is 1. The summed E-state index contributed by atoms with van der Waals surface area (Å²) < 4.78 is 1.82. The van der Waals surface area contributed by atoms with Gasteiger partial charge in [-0.25, -0.2) is 0 Å². The van der Waals surface area contributed by atoms with Crippen molar-refractivity contribution in [1.29, 1.82) is 0 Å². The van der Waals surface area contributed by atoms with E-state index in [9.17, 15) is 9.90 Å². The highest BCUT2D eigenvalue weighted by atomic mass is 16.3. The van der Waals surface area contributed by atoms with Gasteiger partial charge in [0, 0.05) is 24.2 Å². The predicted molar refractivity (Wildman–Crippen MR) is 101 cm³/mol. The fourth-order valence-electron chi connectivity index (χ4n) is 3.51. The second-order valence-corrected chi connectivity index (χ2v) is 7.00. The van der Waals surface area contributed by atoms with E-state index in [2.05, 4.69) is 15.4 Å². The van der Waals surface area contributed by atoms with Crippen LogP contribution in [0.1, 0.15) is 40.5 Å². The van der Waals surface area contributed by atoms with Gasteiger partial charge in [-0.1, -0.05) is 18.2 Å². The molecule has 6 heteroatoms. The highest BCUT2D eigenvalue weighted by Crippen LogP contribution is 2.37. The summed E-state index contributed by atoms with van der Waals surface area (Å²) >= 11 is 0. The van der Waals surface area contributed by atoms with Crippen molar-refractivity contribution in [3.05, 3.63) is 83.9 Å². The molecule has 1 atom stereocenters. The zero-order chi connectivity index (χ0) is 18.6. The van der Waals surface area contributed by atoms with Crippen molar-refractivity contribution < 1.29 is 9.90 Å². The summed E-state index contributed by atoms with van der Waals surface area (Å²) in [6.07, 6.45) is 6.44. The van der Waals surface area contributed by atoms with E-state index in [1.54, 1.807) is 12.4 Å². The van der Waals surface area contributed by atoms with E-state index in [0.29, 0.717) is 24.9 Å². The first-order chi connectivity index (χ1) is 13.2. The van der Waals surface area contributed by atoms with Crippen molar-refractivity contribution in [3.8, 4) is 0 Å². The molecule has 138 valence electrons. The number of rotatable bonds is 6. The number of aliphatic hydroxyl groups is 1. The van der Waals surface area contributed by atoms with E-state index in [-0.39, 0.29) is 24.0 Å². The first-order valence-corrected chi connectivity index (χ1v) is 9.15. The van der Waals surface area contributed by atoms with Crippen LogP contribution in [0, 0.1) is 5.92 Å². The minimum absolute atomic E-state index is 0.130. The third-order valence-corrected chi connectivity index (χ3v) is 5.01. The molecule has 0 radical (unpaired) electrons. The van der Waals surface area contributed by atoms with Crippen LogP contribution in [0.4, 0.5) is 0 Å². The smallest absolute Gasteiger partial charge is 0.251 e. The number of aliphatic hydroxyl groups excluding tert-OH is 1. The summed E-state index contributed by atoms with van der Waals surface area (Å²) in [5.74, 6) is 0.0699. The lowest BCUT2D eigenvalue weighted by molar-refractivity contribution is 0.0228. The molecular formula is C21H22N4O2. The molecule has 1 aromatic carbocycles. The van der Waals surface area contributed by atoms with Gasteiger partial charge in [0.1, 0.15) is 0 Å². The van der Waals surface area contributed by atoms with Gasteiger partial charge in [0.15, 0.2) is 0 Å². The molecule has 1 aliphatic rings. The maximum absolute atomic E-state index is 12.9. The van der Waals surface area contributed by atoms with Gasteiger partial charge in [0.25, 0.3) is 5.91 Å². The number of hydrogen-bond donors (Lipinski definition) is 2. The summed E-state index contributed by atoms with van der Waals surface area (Å²) in [6.45, 7) is 0.618. The molecule has 2 N–H and O–H groups in total. The summed E-state index contributed by atoms with van der Waals surface area (Å²) in [5, 5.41) is 17.0. The molecule has 4 rings (SSSR count). The second-order valence-electron chi connectivity index (χ2n) is 7.00. The number of aromatic nitrogens is 3. The molecular weight excluding hydrogens is 340 g/mol. The summed E-state index contributed by atoms with van der Waals surface area (Å²) in [4.78, 5) is 17.3. The van der Waals surface area contributed by atoms with Crippen molar-refractivity contribution in [2.75, 3.05) is 0 Å². The summed E-state index contributed by atoms with van der Waals surface area (Å²) in [5.41, 5.74) is 2.45. The molecule has 1 saturated carbocycles. The number of pyridine rings is 1. The third-order valence-electron chi connectivity index (χ3n) is 5.01. The largest absolute Gasteiger partial charge is 0.393 e. The van der Waals surface area contributed by atoms with Gasteiger partial charge in [-0.3, -0.25) is 14.5 Å². The topological polar surface area (TPSA) is 80.0 Å². The number of carbonyl (C=O) groups is 1. The Morgan fingerprint density at radius 1 is 1.19 bits per heavy atom. The van der Waals surface area contributed by atoms with E-state index in [0.717, 1.165) is 11.3 Å². The van der Waals surface area contributed by atoms with Gasteiger partial charge in [-0.05, 0) is 54.7 Å². The first kappa shape index (κ1) is 17.4. The molecule has 2 heterocycles. The molecule has 0 bridgehead atoms. The van der Waals surface area contributed by atoms with Crippen LogP contribution in [-0.2, 0) is 6.54 Å². The van der Waals surface area contributed by atoms with Crippen LogP contribution >= 0.6 is 0 Å². The second kappa shape index (κ2) is 7.72. The van der Waals surface area contributed by atoms with Gasteiger partial charge in [-0.15, -0.1) is 0 Å². The highest BCUT2D eigenvalue weighted by Gasteiger charge is 2.36. The molecule has 1 aliphatic carbocycles. The van der Waals surface area contributed by atoms with Gasteiger partial charge >= 0.3 is 0 Å². The highest BCUT2D eigenvalue weighted by molar-refractivity contribution is 5.94. The fourth-order valence-corrected chi connectivity index (χ4v) is 3.51. The quantitative estimate of drug-likeness (QED) is 0.706. The molecule has 0 aliphatic heterocycles. The van der Waals surface area contributed by atoms with E-state index >= 15 is 0 Å². The predicted octanol–water partition coefficient (Wildman–Crippen LogP) is 2.57. The van der Waals surface area contributed by atoms with Gasteiger partial charge < -0.3 is 10.4 Å². The molecule has 0 saturated heterocycles. The lowest BCUT2D eigenvalue weighted by Gasteiger charge is -2.37. The third kappa shape index (κ3) is 4.06. The Kier molecular flexibility index (Phi) is 4.98. The molecule has 27 heavy (non-hydrogen) atoms. The van der Waals surface area contributed by atoms with E-state index < -0.39 is 0 Å². The van der Waals surface area contributed by atoms with Crippen LogP contribution < -0.4 is 5.32 Å². The lowest BCUT2D eigenvalue weighted by Crippen LogP contribution is -2.41. The van der Waals surface area contributed by atoms with Gasteiger partial charge in [0.2, 0.25) is 0 Å². The fraction of sp³-hybridized carbons (Fsp3) is 0.286. The number of nitrogens with one attached hydrogen (secondary N) is 1. The molecule has 1 fully saturated rings. The van der Waals surface area contributed by atoms with Crippen LogP contribution in [0.5, 0.6) is 0 Å². The van der Waals surface area contributed by atoms with Crippen LogP contribution in [0.25, 0.3) is 0 Å². The zero-order valence-electron chi connectivity index (χ0n) is 14.9. The standard InChI is InChI=1S/C21H22N4O2/c26-18-12-17(13-18)20(19-7-1-2-8-22-19)24-21(27)16-6-3-5-15(11-16)14-25-10-4-9-23-25/h1-11,17-18,20,26H,12-14H2,(H,24,27)/t17?,18?,20-/m0/s1. The van der Waals surface area contributed by atoms with Crippen molar-refractivity contribution in [2.45, 2.75) is 31.5 Å². The summed E-state index contributed by atoms with van der Waals surface area (Å²) in [7, 11) is 0. The first-order valence-electron chi connectivity index (χ1n) is 9.15. The van der Waals surface area contributed by atoms with Gasteiger partial charge in [-0.2, -0.15) is 5.10 Å². The lowest BCUT2D eigenvalue weighted by atomic mass is 9.76. The van der Waals surface area contributed by atoms with E-state index in [1.807, 2.05) is 59.4 Å². The average molecular weight is 362 g/mol. The van der Waals surface area contributed by atoms with E-state index in [4.69, 9.17) is 0 Å². The maximum Gasteiger partial charge on any atom is 0.251 e. The maximum atomic E-state index is 12.9. The average Bonchev–Trinajstić information content (AvgIpc) is 3.17. The van der Waals surface area contributed by atoms with Crippen LogP contribution in [0.3, 0.4) is 0 Å². The Hall–Kier alpha value is -2.99. The molecule has 1 amide bonds. The molecule has 3 aromatic rings. The van der Waals surface area contributed by atoms with Crippen LogP contribution in [0.15, 0.2) is 67.1 Å². The van der Waals surface area contributed by atoms with Crippen molar-refractivity contribution in [3.63, 3.8) is 0 Å². The zero-order valence-corrected chi connectivity index (χ0v) is 14.9. The molecule has 2 aromatic heterocycles. The normalized spacial score (nSPS) is 19.9. The van der Waals surface area contributed by atoms with Crippen LogP contribution in [-0.4, -0.2) is 31.9 Å². The SMILES string of the molecule is O=C(N[C@H](c1ccccn1)C1CC(O)C1)c1cccc(Cn2cccn2)c1. The Bertz CT molecular complexity index is 890. The van der Waals surface area contributed by atoms with E-state index in [1.165, 1.54) is 0 Å². The number of benzene rings is 1. The minimum Gasteiger partial charge on any atom is -0.393 e. The Balaban J connectivity index is 1.51. The Morgan fingerprint density at radius 3 is 2.78 bits per heavy atom. The Labute approximate surface area is 157 Å². The van der Waals surface area contributed by atoms with Gasteiger partial charge in [0.05, 0.1) is 24.4 Å². The number of nitrogens with zero attached hydrogens (tertiary/aromatic N) is 3. The molecule has 0 spiro atoms. The monoisotopic (exact) mass is 362 g/mol.